The molecule has 0 bridgehead atoms. The van der Waals surface area contributed by atoms with Crippen molar-refractivity contribution in [3.8, 4) is 10.6 Å². The predicted molar refractivity (Wildman–Crippen MR) is 134 cm³/mol. The van der Waals surface area contributed by atoms with E-state index in [1.165, 1.54) is 34.7 Å². The highest BCUT2D eigenvalue weighted by Crippen LogP contribution is 2.28. The van der Waals surface area contributed by atoms with Crippen LogP contribution in [0.4, 0.5) is 0 Å². The first-order valence-corrected chi connectivity index (χ1v) is 13.4. The number of unbranched alkanes of at least 4 members (excludes halogenated alkanes) is 1. The number of carbonyl (C=O) groups is 1. The second-order valence-corrected chi connectivity index (χ2v) is 10.6. The molecule has 1 atom stereocenters. The van der Waals surface area contributed by atoms with Gasteiger partial charge in [-0.1, -0.05) is 30.7 Å². The van der Waals surface area contributed by atoms with Crippen LogP contribution in [0.5, 0.6) is 0 Å². The van der Waals surface area contributed by atoms with E-state index in [9.17, 15) is 4.79 Å². The quantitative estimate of drug-likeness (QED) is 0.372. The van der Waals surface area contributed by atoms with Crippen LogP contribution in [-0.2, 0) is 12.8 Å². The van der Waals surface area contributed by atoms with Gasteiger partial charge in [0.15, 0.2) is 0 Å². The predicted octanol–water partition coefficient (Wildman–Crippen LogP) is 5.70. The Labute approximate surface area is 202 Å². The van der Waals surface area contributed by atoms with E-state index < -0.39 is 0 Å². The van der Waals surface area contributed by atoms with E-state index >= 15 is 0 Å². The molecule has 1 aliphatic rings. The molecule has 0 radical (unpaired) electrons. The van der Waals surface area contributed by atoms with Crippen molar-refractivity contribution < 1.29 is 4.79 Å². The highest BCUT2D eigenvalue weighted by Gasteiger charge is 2.25. The SMILES string of the molecule is CCCN(CCCCNC(=O)c1cnc(-c2ccc(Cl)cc2)s1)C1CCc2ncsc2C1. The van der Waals surface area contributed by atoms with E-state index in [-0.39, 0.29) is 5.91 Å². The van der Waals surface area contributed by atoms with Gasteiger partial charge in [-0.25, -0.2) is 9.97 Å². The Bertz CT molecular complexity index is 1020. The van der Waals surface area contributed by atoms with Gasteiger partial charge in [-0.2, -0.15) is 0 Å². The number of aryl methyl sites for hydroxylation is 1. The third-order valence-electron chi connectivity index (χ3n) is 5.87. The van der Waals surface area contributed by atoms with Crippen molar-refractivity contribution in [2.75, 3.05) is 19.6 Å². The van der Waals surface area contributed by atoms with Gasteiger partial charge in [0.1, 0.15) is 9.88 Å². The van der Waals surface area contributed by atoms with Crippen LogP contribution in [0.25, 0.3) is 10.6 Å². The lowest BCUT2D eigenvalue weighted by Gasteiger charge is -2.33. The van der Waals surface area contributed by atoms with Gasteiger partial charge in [0, 0.05) is 28.0 Å². The summed E-state index contributed by atoms with van der Waals surface area (Å²) in [6, 6.07) is 8.15. The smallest absolute Gasteiger partial charge is 0.263 e. The van der Waals surface area contributed by atoms with E-state index in [0.717, 1.165) is 49.3 Å². The van der Waals surface area contributed by atoms with E-state index in [0.29, 0.717) is 22.5 Å². The minimum atomic E-state index is -0.0434. The molecule has 0 aliphatic heterocycles. The van der Waals surface area contributed by atoms with Crippen LogP contribution in [0.3, 0.4) is 0 Å². The highest BCUT2D eigenvalue weighted by atomic mass is 35.5. The van der Waals surface area contributed by atoms with Gasteiger partial charge >= 0.3 is 0 Å². The topological polar surface area (TPSA) is 58.1 Å². The maximum Gasteiger partial charge on any atom is 0.263 e. The number of hydrogen-bond acceptors (Lipinski definition) is 6. The Morgan fingerprint density at radius 3 is 2.88 bits per heavy atom. The Kier molecular flexibility index (Phi) is 8.30. The van der Waals surface area contributed by atoms with Crippen molar-refractivity contribution in [1.29, 1.82) is 0 Å². The third-order valence-corrected chi connectivity index (χ3v) is 8.06. The minimum Gasteiger partial charge on any atom is -0.351 e. The average Bonchev–Trinajstić information content (AvgIpc) is 3.48. The Hall–Kier alpha value is -1.80. The summed E-state index contributed by atoms with van der Waals surface area (Å²) in [5.41, 5.74) is 4.27. The molecular formula is C24H29ClN4OS2. The number of nitrogens with one attached hydrogen (secondary N) is 1. The van der Waals surface area contributed by atoms with Crippen LogP contribution in [0.2, 0.25) is 5.02 Å². The summed E-state index contributed by atoms with van der Waals surface area (Å²) in [6.45, 7) is 5.17. The summed E-state index contributed by atoms with van der Waals surface area (Å²) >= 11 is 9.16. The molecule has 2 heterocycles. The molecule has 4 rings (SSSR count). The number of thiazole rings is 2. The first-order chi connectivity index (χ1) is 15.6. The number of fused-ring (bicyclic) bond motifs is 1. The molecule has 1 unspecified atom stereocenters. The first-order valence-electron chi connectivity index (χ1n) is 11.3. The number of rotatable bonds is 10. The molecule has 1 N–H and O–H groups in total. The molecule has 0 spiro atoms. The van der Waals surface area contributed by atoms with E-state index in [1.807, 2.05) is 29.8 Å². The van der Waals surface area contributed by atoms with Crippen molar-refractivity contribution in [3.05, 3.63) is 56.4 Å². The first kappa shape index (κ1) is 23.4. The largest absolute Gasteiger partial charge is 0.351 e. The number of hydrogen-bond donors (Lipinski definition) is 1. The maximum atomic E-state index is 12.5. The zero-order valence-corrected chi connectivity index (χ0v) is 20.7. The summed E-state index contributed by atoms with van der Waals surface area (Å²) in [7, 11) is 0. The molecule has 1 aliphatic carbocycles. The standard InChI is InChI=1S/C24H29ClN4OS2/c1-2-12-29(19-9-10-20-21(14-19)31-16-28-20)13-4-3-11-26-23(30)22-15-27-24(32-22)17-5-7-18(25)8-6-17/h5-8,15-16,19H,2-4,9-14H2,1H3,(H,26,30). The van der Waals surface area contributed by atoms with Crippen LogP contribution in [0.1, 0.15) is 52.8 Å². The monoisotopic (exact) mass is 488 g/mol. The molecule has 2 aromatic heterocycles. The van der Waals surface area contributed by atoms with Crippen molar-refractivity contribution in [2.24, 2.45) is 0 Å². The van der Waals surface area contributed by atoms with Crippen LogP contribution in [-0.4, -0.2) is 46.5 Å². The second kappa shape index (κ2) is 11.4. The fourth-order valence-electron chi connectivity index (χ4n) is 4.19. The van der Waals surface area contributed by atoms with Crippen LogP contribution < -0.4 is 5.32 Å². The fourth-order valence-corrected chi connectivity index (χ4v) is 6.04. The maximum absolute atomic E-state index is 12.5. The molecule has 8 heteroatoms. The van der Waals surface area contributed by atoms with E-state index in [2.05, 4.69) is 27.1 Å². The Balaban J connectivity index is 1.21. The van der Waals surface area contributed by atoms with Crippen molar-refractivity contribution in [2.45, 2.75) is 51.5 Å². The number of aromatic nitrogens is 2. The van der Waals surface area contributed by atoms with Gasteiger partial charge in [0.25, 0.3) is 5.91 Å². The normalized spacial score (nSPS) is 15.7. The summed E-state index contributed by atoms with van der Waals surface area (Å²) in [6.07, 6.45) is 8.34. The lowest BCUT2D eigenvalue weighted by atomic mass is 9.96. The number of carbonyl (C=O) groups excluding carboxylic acids is 1. The van der Waals surface area contributed by atoms with Crippen LogP contribution >= 0.6 is 34.3 Å². The lowest BCUT2D eigenvalue weighted by molar-refractivity contribution is 0.0955. The Morgan fingerprint density at radius 2 is 2.06 bits per heavy atom. The van der Waals surface area contributed by atoms with Gasteiger partial charge < -0.3 is 10.2 Å². The van der Waals surface area contributed by atoms with Gasteiger partial charge in [0.2, 0.25) is 0 Å². The summed E-state index contributed by atoms with van der Waals surface area (Å²) in [4.78, 5) is 26.2. The van der Waals surface area contributed by atoms with Gasteiger partial charge in [0.05, 0.1) is 17.4 Å². The lowest BCUT2D eigenvalue weighted by Crippen LogP contribution is -2.40. The molecule has 0 saturated heterocycles. The molecule has 1 amide bonds. The molecule has 5 nitrogen and oxygen atoms in total. The fraction of sp³-hybridized carbons (Fsp3) is 0.458. The minimum absolute atomic E-state index is 0.0434. The molecular weight excluding hydrogens is 460 g/mol. The van der Waals surface area contributed by atoms with Gasteiger partial charge in [-0.3, -0.25) is 4.79 Å². The van der Waals surface area contributed by atoms with Gasteiger partial charge in [-0.15, -0.1) is 22.7 Å². The number of nitrogens with zero attached hydrogens (tertiary/aromatic N) is 3. The van der Waals surface area contributed by atoms with Crippen LogP contribution in [0.15, 0.2) is 36.0 Å². The summed E-state index contributed by atoms with van der Waals surface area (Å²) < 4.78 is 0. The summed E-state index contributed by atoms with van der Waals surface area (Å²) in [5.74, 6) is -0.0434. The van der Waals surface area contributed by atoms with E-state index in [1.54, 1.807) is 17.5 Å². The van der Waals surface area contributed by atoms with Gasteiger partial charge in [-0.05, 0) is 63.7 Å². The number of amides is 1. The number of halogens is 1. The highest BCUT2D eigenvalue weighted by molar-refractivity contribution is 7.16. The molecule has 3 aromatic rings. The molecule has 0 saturated carbocycles. The third kappa shape index (κ3) is 5.95. The molecule has 0 fully saturated rings. The molecule has 32 heavy (non-hydrogen) atoms. The Morgan fingerprint density at radius 1 is 1.22 bits per heavy atom. The summed E-state index contributed by atoms with van der Waals surface area (Å²) in [5, 5.41) is 4.58. The van der Waals surface area contributed by atoms with Crippen molar-refractivity contribution in [3.63, 3.8) is 0 Å². The molecule has 170 valence electrons. The zero-order valence-electron chi connectivity index (χ0n) is 18.3. The van der Waals surface area contributed by atoms with Crippen molar-refractivity contribution >= 4 is 40.2 Å². The van der Waals surface area contributed by atoms with Crippen molar-refractivity contribution in [1.82, 2.24) is 20.2 Å². The number of benzene rings is 1. The average molecular weight is 489 g/mol. The molecule has 1 aromatic carbocycles. The van der Waals surface area contributed by atoms with E-state index in [4.69, 9.17) is 11.6 Å². The second-order valence-electron chi connectivity index (χ2n) is 8.15. The zero-order chi connectivity index (χ0) is 22.3. The van der Waals surface area contributed by atoms with Crippen LogP contribution in [0, 0.1) is 0 Å².